The van der Waals surface area contributed by atoms with Crippen molar-refractivity contribution < 1.29 is 9.47 Å². The number of allylic oxidation sites excluding steroid dienone is 3. The zero-order valence-electron chi connectivity index (χ0n) is 11.2. The van der Waals surface area contributed by atoms with Gasteiger partial charge in [0.1, 0.15) is 30.6 Å². The number of anilines is 1. The van der Waals surface area contributed by atoms with E-state index in [2.05, 4.69) is 27.4 Å². The van der Waals surface area contributed by atoms with Crippen LogP contribution in [0.4, 0.5) is 5.82 Å². The van der Waals surface area contributed by atoms with Crippen molar-refractivity contribution in [3.05, 3.63) is 65.9 Å². The predicted molar refractivity (Wildman–Crippen MR) is 80.3 cm³/mol. The normalized spacial score (nSPS) is 18.1. The number of rotatable bonds is 4. The summed E-state index contributed by atoms with van der Waals surface area (Å²) in [6, 6.07) is 1.60. The number of nitrogens with one attached hydrogen (secondary N) is 1. The van der Waals surface area contributed by atoms with Crippen LogP contribution in [0.2, 0.25) is 5.28 Å². The van der Waals surface area contributed by atoms with Crippen LogP contribution in [0.25, 0.3) is 0 Å². The van der Waals surface area contributed by atoms with Gasteiger partial charge in [-0.25, -0.2) is 9.97 Å². The molecule has 0 amide bonds. The molecule has 2 heterocycles. The van der Waals surface area contributed by atoms with Crippen molar-refractivity contribution in [2.45, 2.75) is 18.9 Å². The Labute approximate surface area is 127 Å². The molecule has 0 aromatic carbocycles. The van der Waals surface area contributed by atoms with Crippen LogP contribution >= 0.6 is 11.6 Å². The Morgan fingerprint density at radius 1 is 1.33 bits per heavy atom. The lowest BCUT2D eigenvalue weighted by Gasteiger charge is -2.25. The standard InChI is InChI=1S/C15H14ClN3O2/c16-15-17-7-6-13(19-15)18-14(11-4-2-1-3-5-11)12-10-20-8-9-21-12/h1-2,4,6-10,14H,3,5H2,(H,17,18,19). The Hall–Kier alpha value is -2.27. The van der Waals surface area contributed by atoms with Gasteiger partial charge in [0.2, 0.25) is 5.28 Å². The quantitative estimate of drug-likeness (QED) is 0.862. The molecule has 1 aliphatic heterocycles. The van der Waals surface area contributed by atoms with E-state index in [1.165, 1.54) is 18.1 Å². The van der Waals surface area contributed by atoms with Crippen molar-refractivity contribution in [1.82, 2.24) is 9.97 Å². The summed E-state index contributed by atoms with van der Waals surface area (Å²) in [5, 5.41) is 3.51. The van der Waals surface area contributed by atoms with Crippen LogP contribution in [0.15, 0.2) is 60.6 Å². The Bertz CT molecular complexity index is 638. The van der Waals surface area contributed by atoms with Crippen molar-refractivity contribution in [3.63, 3.8) is 0 Å². The minimum Gasteiger partial charge on any atom is -0.466 e. The Morgan fingerprint density at radius 2 is 2.29 bits per heavy atom. The first-order chi connectivity index (χ1) is 10.3. The second-order valence-electron chi connectivity index (χ2n) is 4.54. The molecular formula is C15H14ClN3O2. The number of aromatic nitrogens is 2. The van der Waals surface area contributed by atoms with Gasteiger partial charge in [0.25, 0.3) is 0 Å². The monoisotopic (exact) mass is 303 g/mol. The molecule has 0 fully saturated rings. The van der Waals surface area contributed by atoms with Crippen LogP contribution < -0.4 is 5.32 Å². The minimum atomic E-state index is -0.161. The van der Waals surface area contributed by atoms with E-state index in [0.29, 0.717) is 11.6 Å². The van der Waals surface area contributed by atoms with Gasteiger partial charge in [0.15, 0.2) is 5.76 Å². The molecule has 1 aromatic rings. The van der Waals surface area contributed by atoms with Crippen molar-refractivity contribution >= 4 is 17.4 Å². The summed E-state index contributed by atoms with van der Waals surface area (Å²) in [5.41, 5.74) is 1.19. The molecule has 0 saturated carbocycles. The molecule has 0 radical (unpaired) electrons. The lowest BCUT2D eigenvalue weighted by molar-refractivity contribution is 0.245. The summed E-state index contributed by atoms with van der Waals surface area (Å²) in [4.78, 5) is 8.04. The van der Waals surface area contributed by atoms with Gasteiger partial charge in [0, 0.05) is 6.20 Å². The lowest BCUT2D eigenvalue weighted by Crippen LogP contribution is -2.27. The topological polar surface area (TPSA) is 56.3 Å². The molecule has 1 N–H and O–H groups in total. The average Bonchev–Trinajstić information content (AvgIpc) is 2.54. The molecule has 3 rings (SSSR count). The highest BCUT2D eigenvalue weighted by Crippen LogP contribution is 2.26. The van der Waals surface area contributed by atoms with Crippen molar-refractivity contribution in [3.8, 4) is 0 Å². The van der Waals surface area contributed by atoms with Gasteiger partial charge in [-0.1, -0.05) is 18.2 Å². The third-order valence-corrected chi connectivity index (χ3v) is 3.32. The van der Waals surface area contributed by atoms with E-state index in [1.54, 1.807) is 18.5 Å². The third-order valence-electron chi connectivity index (χ3n) is 3.14. The second-order valence-corrected chi connectivity index (χ2v) is 4.88. The molecule has 1 aliphatic carbocycles. The zero-order valence-corrected chi connectivity index (χ0v) is 12.0. The van der Waals surface area contributed by atoms with E-state index in [9.17, 15) is 0 Å². The number of nitrogens with zero attached hydrogens (tertiary/aromatic N) is 2. The van der Waals surface area contributed by atoms with E-state index < -0.39 is 0 Å². The van der Waals surface area contributed by atoms with E-state index in [-0.39, 0.29) is 11.3 Å². The maximum absolute atomic E-state index is 5.83. The highest BCUT2D eigenvalue weighted by Gasteiger charge is 2.23. The van der Waals surface area contributed by atoms with Crippen LogP contribution in [0.3, 0.4) is 0 Å². The molecule has 1 aromatic heterocycles. The molecule has 2 aliphatic rings. The van der Waals surface area contributed by atoms with Crippen molar-refractivity contribution in [2.75, 3.05) is 5.32 Å². The Kier molecular flexibility index (Phi) is 4.21. The van der Waals surface area contributed by atoms with Crippen molar-refractivity contribution in [2.24, 2.45) is 0 Å². The molecule has 6 heteroatoms. The zero-order chi connectivity index (χ0) is 14.5. The van der Waals surface area contributed by atoms with Gasteiger partial charge >= 0.3 is 0 Å². The van der Waals surface area contributed by atoms with E-state index in [0.717, 1.165) is 12.8 Å². The fourth-order valence-corrected chi connectivity index (χ4v) is 2.33. The van der Waals surface area contributed by atoms with E-state index in [4.69, 9.17) is 21.1 Å². The van der Waals surface area contributed by atoms with Crippen molar-refractivity contribution in [1.29, 1.82) is 0 Å². The highest BCUT2D eigenvalue weighted by molar-refractivity contribution is 6.28. The summed E-state index contributed by atoms with van der Waals surface area (Å²) in [6.07, 6.45) is 14.4. The van der Waals surface area contributed by atoms with Gasteiger partial charge in [0.05, 0.1) is 0 Å². The fourth-order valence-electron chi connectivity index (χ4n) is 2.18. The van der Waals surface area contributed by atoms with E-state index >= 15 is 0 Å². The van der Waals surface area contributed by atoms with Gasteiger partial charge in [-0.3, -0.25) is 0 Å². The number of hydrogen-bond acceptors (Lipinski definition) is 5. The van der Waals surface area contributed by atoms with Crippen LogP contribution in [0, 0.1) is 0 Å². The molecule has 1 atom stereocenters. The van der Waals surface area contributed by atoms with E-state index in [1.807, 2.05) is 6.08 Å². The first-order valence-corrected chi connectivity index (χ1v) is 6.98. The molecule has 108 valence electrons. The number of halogens is 1. The van der Waals surface area contributed by atoms with Crippen LogP contribution in [0.5, 0.6) is 0 Å². The summed E-state index contributed by atoms with van der Waals surface area (Å²) in [6.45, 7) is 0. The summed E-state index contributed by atoms with van der Waals surface area (Å²) >= 11 is 5.83. The van der Waals surface area contributed by atoms with Gasteiger partial charge in [-0.15, -0.1) is 0 Å². The van der Waals surface area contributed by atoms with Gasteiger partial charge in [-0.2, -0.15) is 0 Å². The molecule has 0 spiro atoms. The summed E-state index contributed by atoms with van der Waals surface area (Å²) in [5.74, 6) is 1.31. The largest absolute Gasteiger partial charge is 0.466 e. The molecule has 0 bridgehead atoms. The molecule has 5 nitrogen and oxygen atoms in total. The SMILES string of the molecule is Clc1nccc(NC(C2=CC=CCC2)C2=COC=CO2)n1. The predicted octanol–water partition coefficient (Wildman–Crippen LogP) is 3.55. The van der Waals surface area contributed by atoms with Gasteiger partial charge in [-0.05, 0) is 36.1 Å². The molecule has 0 saturated heterocycles. The van der Waals surface area contributed by atoms with Crippen LogP contribution in [-0.2, 0) is 9.47 Å². The number of hydrogen-bond donors (Lipinski definition) is 1. The average molecular weight is 304 g/mol. The molecule has 1 unspecified atom stereocenters. The fraction of sp³-hybridized carbons (Fsp3) is 0.200. The maximum atomic E-state index is 5.83. The van der Waals surface area contributed by atoms with Gasteiger partial charge < -0.3 is 14.8 Å². The Balaban J connectivity index is 1.86. The maximum Gasteiger partial charge on any atom is 0.224 e. The molecular weight excluding hydrogens is 290 g/mol. The van der Waals surface area contributed by atoms with Crippen LogP contribution in [0.1, 0.15) is 12.8 Å². The first kappa shape index (κ1) is 13.7. The number of ether oxygens (including phenoxy) is 2. The smallest absolute Gasteiger partial charge is 0.224 e. The summed E-state index contributed by atoms with van der Waals surface area (Å²) in [7, 11) is 0. The third kappa shape index (κ3) is 3.44. The Morgan fingerprint density at radius 3 is 3.00 bits per heavy atom. The minimum absolute atomic E-state index is 0.161. The first-order valence-electron chi connectivity index (χ1n) is 6.61. The highest BCUT2D eigenvalue weighted by atomic mass is 35.5. The second kappa shape index (κ2) is 6.45. The summed E-state index contributed by atoms with van der Waals surface area (Å²) < 4.78 is 10.8. The molecule has 21 heavy (non-hydrogen) atoms. The van der Waals surface area contributed by atoms with Crippen LogP contribution in [-0.4, -0.2) is 16.0 Å². The lowest BCUT2D eigenvalue weighted by atomic mass is 9.96.